The Hall–Kier alpha value is -3.12. The van der Waals surface area contributed by atoms with Crippen LogP contribution in [0.3, 0.4) is 0 Å². The minimum atomic E-state index is 0.0927. The number of aromatic nitrogens is 2. The molecule has 5 nitrogen and oxygen atoms in total. The Labute approximate surface area is 187 Å². The molecule has 160 valence electrons. The van der Waals surface area contributed by atoms with E-state index in [0.717, 1.165) is 16.7 Å². The Bertz CT molecular complexity index is 1250. The fourth-order valence-electron chi connectivity index (χ4n) is 3.78. The van der Waals surface area contributed by atoms with E-state index in [0.29, 0.717) is 17.3 Å². The molecule has 0 saturated carbocycles. The number of fused-ring (bicyclic) bond motifs is 1. The Morgan fingerprint density at radius 2 is 1.65 bits per heavy atom. The SMILES string of the molecule is COc1cc2nc(C)nc(NC(C)c3ccc(-c4ccc(C)cc4C)s3)c2cc1OC. The van der Waals surface area contributed by atoms with Gasteiger partial charge in [-0.3, -0.25) is 0 Å². The van der Waals surface area contributed by atoms with Gasteiger partial charge < -0.3 is 14.8 Å². The van der Waals surface area contributed by atoms with Crippen molar-refractivity contribution in [2.45, 2.75) is 33.7 Å². The molecule has 0 fully saturated rings. The summed E-state index contributed by atoms with van der Waals surface area (Å²) in [6.45, 7) is 8.35. The first-order chi connectivity index (χ1) is 14.9. The molecule has 0 aliphatic rings. The third-order valence-corrected chi connectivity index (χ3v) is 6.67. The number of anilines is 1. The number of benzene rings is 2. The van der Waals surface area contributed by atoms with E-state index >= 15 is 0 Å². The summed E-state index contributed by atoms with van der Waals surface area (Å²) >= 11 is 1.81. The molecule has 0 spiro atoms. The lowest BCUT2D eigenvalue weighted by molar-refractivity contribution is 0.356. The van der Waals surface area contributed by atoms with Gasteiger partial charge in [0.1, 0.15) is 11.6 Å². The predicted molar refractivity (Wildman–Crippen MR) is 129 cm³/mol. The normalized spacial score (nSPS) is 12.1. The van der Waals surface area contributed by atoms with Crippen molar-refractivity contribution in [1.82, 2.24) is 9.97 Å². The lowest BCUT2D eigenvalue weighted by Crippen LogP contribution is -2.08. The molecule has 31 heavy (non-hydrogen) atoms. The van der Waals surface area contributed by atoms with Crippen LogP contribution in [0.4, 0.5) is 5.82 Å². The fraction of sp³-hybridized carbons (Fsp3) is 0.280. The molecule has 0 aliphatic heterocycles. The summed E-state index contributed by atoms with van der Waals surface area (Å²) in [6, 6.07) is 14.9. The van der Waals surface area contributed by atoms with Crippen molar-refractivity contribution in [3.63, 3.8) is 0 Å². The Balaban J connectivity index is 1.67. The highest BCUT2D eigenvalue weighted by Crippen LogP contribution is 2.37. The smallest absolute Gasteiger partial charge is 0.162 e. The lowest BCUT2D eigenvalue weighted by atomic mass is 10.0. The van der Waals surface area contributed by atoms with Crippen molar-refractivity contribution >= 4 is 28.1 Å². The zero-order chi connectivity index (χ0) is 22.1. The topological polar surface area (TPSA) is 56.3 Å². The third-order valence-electron chi connectivity index (χ3n) is 5.37. The van der Waals surface area contributed by atoms with Crippen LogP contribution in [0.5, 0.6) is 11.5 Å². The maximum atomic E-state index is 5.48. The van der Waals surface area contributed by atoms with E-state index in [1.807, 2.05) is 19.1 Å². The van der Waals surface area contributed by atoms with Crippen LogP contribution in [-0.4, -0.2) is 24.2 Å². The molecule has 2 aromatic carbocycles. The molecular weight excluding hydrogens is 406 g/mol. The van der Waals surface area contributed by atoms with Crippen LogP contribution >= 0.6 is 11.3 Å². The summed E-state index contributed by atoms with van der Waals surface area (Å²) in [6.07, 6.45) is 0. The second kappa shape index (κ2) is 8.55. The molecule has 1 unspecified atom stereocenters. The van der Waals surface area contributed by atoms with Crippen molar-refractivity contribution in [3.05, 3.63) is 64.3 Å². The van der Waals surface area contributed by atoms with E-state index in [9.17, 15) is 0 Å². The number of ether oxygens (including phenoxy) is 2. The van der Waals surface area contributed by atoms with Gasteiger partial charge >= 0.3 is 0 Å². The van der Waals surface area contributed by atoms with Crippen molar-refractivity contribution < 1.29 is 9.47 Å². The highest BCUT2D eigenvalue weighted by Gasteiger charge is 2.16. The van der Waals surface area contributed by atoms with E-state index in [4.69, 9.17) is 9.47 Å². The Kier molecular flexibility index (Phi) is 5.83. The van der Waals surface area contributed by atoms with Crippen LogP contribution in [0.2, 0.25) is 0 Å². The molecule has 0 saturated heterocycles. The van der Waals surface area contributed by atoms with E-state index in [-0.39, 0.29) is 6.04 Å². The summed E-state index contributed by atoms with van der Waals surface area (Å²) in [5.74, 6) is 2.81. The van der Waals surface area contributed by atoms with E-state index in [1.165, 1.54) is 26.4 Å². The Morgan fingerprint density at radius 1 is 0.903 bits per heavy atom. The van der Waals surface area contributed by atoms with Crippen molar-refractivity contribution in [2.24, 2.45) is 0 Å². The van der Waals surface area contributed by atoms with Crippen molar-refractivity contribution in [1.29, 1.82) is 0 Å². The molecule has 0 radical (unpaired) electrons. The average Bonchev–Trinajstić information content (AvgIpc) is 3.22. The molecule has 0 amide bonds. The van der Waals surface area contributed by atoms with E-state index in [1.54, 1.807) is 25.6 Å². The maximum Gasteiger partial charge on any atom is 0.162 e. The molecule has 2 heterocycles. The quantitative estimate of drug-likeness (QED) is 0.377. The van der Waals surface area contributed by atoms with Crippen molar-refractivity contribution in [3.8, 4) is 21.9 Å². The second-order valence-corrected chi connectivity index (χ2v) is 8.85. The number of nitrogens with one attached hydrogen (secondary N) is 1. The highest BCUT2D eigenvalue weighted by atomic mass is 32.1. The van der Waals surface area contributed by atoms with Gasteiger partial charge in [-0.15, -0.1) is 11.3 Å². The first-order valence-corrected chi connectivity index (χ1v) is 11.1. The van der Waals surface area contributed by atoms with E-state index in [2.05, 4.69) is 66.4 Å². The molecule has 0 bridgehead atoms. The lowest BCUT2D eigenvalue weighted by Gasteiger charge is -2.16. The summed E-state index contributed by atoms with van der Waals surface area (Å²) in [5, 5.41) is 4.49. The maximum absolute atomic E-state index is 5.48. The van der Waals surface area contributed by atoms with Crippen LogP contribution in [0.1, 0.15) is 34.8 Å². The monoisotopic (exact) mass is 433 g/mol. The zero-order valence-corrected chi connectivity index (χ0v) is 19.6. The molecule has 0 aliphatic carbocycles. The number of aryl methyl sites for hydroxylation is 3. The zero-order valence-electron chi connectivity index (χ0n) is 18.7. The third kappa shape index (κ3) is 4.21. The number of hydrogen-bond acceptors (Lipinski definition) is 6. The Morgan fingerprint density at radius 3 is 2.35 bits per heavy atom. The van der Waals surface area contributed by atoms with Gasteiger partial charge in [0, 0.05) is 21.2 Å². The number of methoxy groups -OCH3 is 2. The van der Waals surface area contributed by atoms with Gasteiger partial charge in [0.2, 0.25) is 0 Å². The van der Waals surface area contributed by atoms with E-state index < -0.39 is 0 Å². The van der Waals surface area contributed by atoms with Gasteiger partial charge in [0.05, 0.1) is 25.8 Å². The number of thiophene rings is 1. The predicted octanol–water partition coefficient (Wildman–Crippen LogP) is 6.47. The summed E-state index contributed by atoms with van der Waals surface area (Å²) in [7, 11) is 3.26. The summed E-state index contributed by atoms with van der Waals surface area (Å²) < 4.78 is 10.9. The largest absolute Gasteiger partial charge is 0.493 e. The van der Waals surface area contributed by atoms with Crippen LogP contribution in [0.15, 0.2) is 42.5 Å². The van der Waals surface area contributed by atoms with Gasteiger partial charge in [-0.25, -0.2) is 9.97 Å². The molecular formula is C25H27N3O2S. The molecule has 1 atom stereocenters. The molecule has 6 heteroatoms. The fourth-order valence-corrected chi connectivity index (χ4v) is 4.88. The molecule has 2 aromatic heterocycles. The first-order valence-electron chi connectivity index (χ1n) is 10.2. The van der Waals surface area contributed by atoms with Gasteiger partial charge in [-0.1, -0.05) is 23.8 Å². The molecule has 1 N–H and O–H groups in total. The average molecular weight is 434 g/mol. The van der Waals surface area contributed by atoms with Crippen molar-refractivity contribution in [2.75, 3.05) is 19.5 Å². The number of rotatable bonds is 6. The minimum absolute atomic E-state index is 0.0927. The summed E-state index contributed by atoms with van der Waals surface area (Å²) in [4.78, 5) is 11.8. The van der Waals surface area contributed by atoms with Crippen LogP contribution in [0.25, 0.3) is 21.3 Å². The number of nitrogens with zero attached hydrogens (tertiary/aromatic N) is 2. The molecule has 4 rings (SSSR count). The minimum Gasteiger partial charge on any atom is -0.493 e. The van der Waals surface area contributed by atoms with Gasteiger partial charge in [-0.05, 0) is 57.0 Å². The van der Waals surface area contributed by atoms with Crippen LogP contribution in [0, 0.1) is 20.8 Å². The van der Waals surface area contributed by atoms with Gasteiger partial charge in [0.15, 0.2) is 11.5 Å². The summed E-state index contributed by atoms with van der Waals surface area (Å²) in [5.41, 5.74) is 4.69. The first kappa shape index (κ1) is 21.1. The van der Waals surface area contributed by atoms with Gasteiger partial charge in [0.25, 0.3) is 0 Å². The molecule has 4 aromatic rings. The van der Waals surface area contributed by atoms with Gasteiger partial charge in [-0.2, -0.15) is 0 Å². The van der Waals surface area contributed by atoms with Crippen LogP contribution < -0.4 is 14.8 Å². The highest BCUT2D eigenvalue weighted by molar-refractivity contribution is 7.15. The standard InChI is InChI=1S/C25H27N3O2S/c1-14-7-8-18(15(2)11-14)24-10-9-23(31-24)16(3)26-25-19-12-21(29-5)22(30-6)13-20(19)27-17(4)28-25/h7-13,16H,1-6H3,(H,26,27,28). The van der Waals surface area contributed by atoms with Crippen LogP contribution in [-0.2, 0) is 0 Å². The number of hydrogen-bond donors (Lipinski definition) is 1. The second-order valence-electron chi connectivity index (χ2n) is 7.73.